The minimum atomic E-state index is -0.575. The molecule has 0 spiro atoms. The quantitative estimate of drug-likeness (QED) is 0.557. The normalized spacial score (nSPS) is 10.5. The predicted molar refractivity (Wildman–Crippen MR) is 105 cm³/mol. The third-order valence-electron chi connectivity index (χ3n) is 4.54. The van der Waals surface area contributed by atoms with E-state index in [0.29, 0.717) is 30.1 Å². The van der Waals surface area contributed by atoms with Crippen molar-refractivity contribution in [3.8, 4) is 5.75 Å². The van der Waals surface area contributed by atoms with Crippen molar-refractivity contribution in [2.75, 3.05) is 27.3 Å². The summed E-state index contributed by atoms with van der Waals surface area (Å²) in [5.41, 5.74) is 2.57. The number of aromatic nitrogens is 1. The molecule has 28 heavy (non-hydrogen) atoms. The van der Waals surface area contributed by atoms with Crippen LogP contribution in [0.4, 0.5) is 0 Å². The van der Waals surface area contributed by atoms with Gasteiger partial charge in [0.1, 0.15) is 12.4 Å². The van der Waals surface area contributed by atoms with E-state index in [1.807, 2.05) is 31.2 Å². The van der Waals surface area contributed by atoms with Crippen molar-refractivity contribution < 1.29 is 23.9 Å². The van der Waals surface area contributed by atoms with Crippen LogP contribution in [0.5, 0.6) is 5.75 Å². The minimum Gasteiger partial charge on any atom is -0.492 e. The average Bonchev–Trinajstić information content (AvgIpc) is 2.98. The van der Waals surface area contributed by atoms with Crippen LogP contribution in [0.3, 0.4) is 0 Å². The lowest BCUT2D eigenvalue weighted by Crippen LogP contribution is -2.32. The van der Waals surface area contributed by atoms with Crippen LogP contribution in [0.1, 0.15) is 44.6 Å². The Bertz CT molecular complexity index is 868. The van der Waals surface area contributed by atoms with E-state index in [4.69, 9.17) is 9.47 Å². The molecule has 0 saturated carbocycles. The van der Waals surface area contributed by atoms with Gasteiger partial charge >= 0.3 is 5.97 Å². The summed E-state index contributed by atoms with van der Waals surface area (Å²) in [6, 6.07) is 7.67. The van der Waals surface area contributed by atoms with E-state index in [9.17, 15) is 14.4 Å². The highest BCUT2D eigenvalue weighted by atomic mass is 16.5. The van der Waals surface area contributed by atoms with Crippen LogP contribution in [0.2, 0.25) is 0 Å². The third-order valence-corrected chi connectivity index (χ3v) is 4.54. The molecule has 1 aromatic heterocycles. The molecule has 7 heteroatoms. The number of H-pyrrole nitrogens is 1. The zero-order valence-corrected chi connectivity index (χ0v) is 16.9. The number of methoxy groups -OCH3 is 1. The number of esters is 1. The van der Waals surface area contributed by atoms with Crippen molar-refractivity contribution in [3.05, 3.63) is 52.3 Å². The molecule has 0 aliphatic heterocycles. The number of likely N-dealkylation sites (N-methyl/N-ethyl adjacent to an activating group) is 1. The Morgan fingerprint density at radius 3 is 2.32 bits per heavy atom. The fraction of sp³-hybridized carbons (Fsp3) is 0.381. The second-order valence-corrected chi connectivity index (χ2v) is 6.68. The van der Waals surface area contributed by atoms with Gasteiger partial charge in [-0.25, -0.2) is 4.79 Å². The number of benzene rings is 1. The SMILES string of the molecule is COC(=O)c1c(CC(=O)N(C)CCOc2ccc(C)cc2)[nH]c(C(C)=O)c1C. The zero-order valence-electron chi connectivity index (χ0n) is 16.9. The number of nitrogens with one attached hydrogen (secondary N) is 1. The molecule has 150 valence electrons. The Balaban J connectivity index is 2.02. The summed E-state index contributed by atoms with van der Waals surface area (Å²) < 4.78 is 10.4. The van der Waals surface area contributed by atoms with Gasteiger partial charge in [-0.2, -0.15) is 0 Å². The molecule has 7 nitrogen and oxygen atoms in total. The number of carbonyl (C=O) groups excluding carboxylic acids is 3. The molecule has 1 amide bonds. The maximum absolute atomic E-state index is 12.6. The summed E-state index contributed by atoms with van der Waals surface area (Å²) >= 11 is 0. The standard InChI is InChI=1S/C21H26N2O5/c1-13-6-8-16(9-7-13)28-11-10-23(4)18(25)12-17-19(21(26)27-5)14(2)20(22-17)15(3)24/h6-9,22H,10-12H2,1-5H3. The summed E-state index contributed by atoms with van der Waals surface area (Å²) in [6.07, 6.45) is -0.0421. The Labute approximate surface area is 164 Å². The van der Waals surface area contributed by atoms with E-state index < -0.39 is 5.97 Å². The maximum Gasteiger partial charge on any atom is 0.339 e. The smallest absolute Gasteiger partial charge is 0.339 e. The lowest BCUT2D eigenvalue weighted by molar-refractivity contribution is -0.129. The van der Waals surface area contributed by atoms with Crippen LogP contribution in [0.15, 0.2) is 24.3 Å². The second-order valence-electron chi connectivity index (χ2n) is 6.68. The number of nitrogens with zero attached hydrogens (tertiary/aromatic N) is 1. The molecule has 1 N–H and O–H groups in total. The summed E-state index contributed by atoms with van der Waals surface area (Å²) in [7, 11) is 2.93. The topological polar surface area (TPSA) is 88.7 Å². The average molecular weight is 386 g/mol. The molecule has 0 unspecified atom stereocenters. The molecule has 0 fully saturated rings. The Morgan fingerprint density at radius 2 is 1.75 bits per heavy atom. The number of hydrogen-bond acceptors (Lipinski definition) is 5. The Hall–Kier alpha value is -3.09. The van der Waals surface area contributed by atoms with E-state index in [1.165, 1.54) is 18.9 Å². The number of hydrogen-bond donors (Lipinski definition) is 1. The van der Waals surface area contributed by atoms with Gasteiger partial charge in [-0.1, -0.05) is 17.7 Å². The monoisotopic (exact) mass is 386 g/mol. The van der Waals surface area contributed by atoms with Gasteiger partial charge in [-0.3, -0.25) is 9.59 Å². The first-order valence-electron chi connectivity index (χ1n) is 8.98. The van der Waals surface area contributed by atoms with E-state index in [0.717, 1.165) is 11.3 Å². The van der Waals surface area contributed by atoms with Gasteiger partial charge in [0.25, 0.3) is 0 Å². The van der Waals surface area contributed by atoms with Crippen LogP contribution in [-0.4, -0.2) is 54.9 Å². The van der Waals surface area contributed by atoms with Gasteiger partial charge in [-0.15, -0.1) is 0 Å². The Morgan fingerprint density at radius 1 is 1.11 bits per heavy atom. The van der Waals surface area contributed by atoms with Gasteiger partial charge in [0.15, 0.2) is 5.78 Å². The van der Waals surface area contributed by atoms with Crippen molar-refractivity contribution in [1.29, 1.82) is 0 Å². The first kappa shape index (κ1) is 21.2. The molecule has 0 bridgehead atoms. The fourth-order valence-electron chi connectivity index (χ4n) is 2.87. The van der Waals surface area contributed by atoms with Crippen LogP contribution >= 0.6 is 0 Å². The van der Waals surface area contributed by atoms with Crippen molar-refractivity contribution in [1.82, 2.24) is 9.88 Å². The number of ketones is 1. The van der Waals surface area contributed by atoms with Crippen LogP contribution in [-0.2, 0) is 16.0 Å². The highest BCUT2D eigenvalue weighted by Crippen LogP contribution is 2.21. The number of ether oxygens (including phenoxy) is 2. The number of aryl methyl sites for hydroxylation is 1. The van der Waals surface area contributed by atoms with Gasteiger partial charge in [0, 0.05) is 19.7 Å². The Kier molecular flexibility index (Phi) is 6.98. The minimum absolute atomic E-state index is 0.0421. The largest absolute Gasteiger partial charge is 0.492 e. The number of amides is 1. The lowest BCUT2D eigenvalue weighted by atomic mass is 10.1. The number of carbonyl (C=O) groups is 3. The van der Waals surface area contributed by atoms with Crippen molar-refractivity contribution in [2.45, 2.75) is 27.2 Å². The third kappa shape index (κ3) is 5.00. The first-order valence-corrected chi connectivity index (χ1v) is 8.98. The van der Waals surface area contributed by atoms with E-state index in [1.54, 1.807) is 14.0 Å². The van der Waals surface area contributed by atoms with Gasteiger partial charge in [-0.05, 0) is 31.5 Å². The number of Topliss-reactive ketones (excluding diaryl/α,β-unsaturated/α-hetero) is 1. The van der Waals surface area contributed by atoms with E-state index in [-0.39, 0.29) is 23.7 Å². The molecule has 1 heterocycles. The molecule has 2 aromatic rings. The molecule has 1 aromatic carbocycles. The summed E-state index contributed by atoms with van der Waals surface area (Å²) in [5.74, 6) is -0.241. The molecule has 0 aliphatic rings. The summed E-state index contributed by atoms with van der Waals surface area (Å²) in [4.78, 5) is 40.9. The van der Waals surface area contributed by atoms with Crippen LogP contribution in [0, 0.1) is 13.8 Å². The van der Waals surface area contributed by atoms with E-state index >= 15 is 0 Å². The first-order chi connectivity index (χ1) is 13.2. The molecule has 0 aliphatic carbocycles. The highest BCUT2D eigenvalue weighted by Gasteiger charge is 2.25. The second kappa shape index (κ2) is 9.21. The van der Waals surface area contributed by atoms with Gasteiger partial charge < -0.3 is 19.4 Å². The number of aromatic amines is 1. The van der Waals surface area contributed by atoms with Crippen LogP contribution in [0.25, 0.3) is 0 Å². The van der Waals surface area contributed by atoms with Crippen molar-refractivity contribution in [2.24, 2.45) is 0 Å². The highest BCUT2D eigenvalue weighted by molar-refractivity contribution is 6.01. The fourth-order valence-corrected chi connectivity index (χ4v) is 2.87. The van der Waals surface area contributed by atoms with Gasteiger partial charge in [0.05, 0.1) is 31.3 Å². The molecule has 0 saturated heterocycles. The van der Waals surface area contributed by atoms with Crippen molar-refractivity contribution >= 4 is 17.7 Å². The van der Waals surface area contributed by atoms with Crippen molar-refractivity contribution in [3.63, 3.8) is 0 Å². The summed E-state index contributed by atoms with van der Waals surface area (Å²) in [6.45, 7) is 5.79. The molecule has 0 radical (unpaired) electrons. The predicted octanol–water partition coefficient (Wildman–Crippen LogP) is 2.70. The van der Waals surface area contributed by atoms with Gasteiger partial charge in [0.2, 0.25) is 5.91 Å². The molecule has 0 atom stereocenters. The molecule has 2 rings (SSSR count). The summed E-state index contributed by atoms with van der Waals surface area (Å²) in [5, 5.41) is 0. The molecular weight excluding hydrogens is 360 g/mol. The number of rotatable bonds is 8. The maximum atomic E-state index is 12.6. The van der Waals surface area contributed by atoms with Crippen LogP contribution < -0.4 is 4.74 Å². The van der Waals surface area contributed by atoms with E-state index in [2.05, 4.69) is 4.98 Å². The molecular formula is C21H26N2O5. The zero-order chi connectivity index (χ0) is 20.8. The lowest BCUT2D eigenvalue weighted by Gasteiger charge is -2.17.